The molecule has 0 bridgehead atoms. The van der Waals surface area contributed by atoms with Crippen LogP contribution in [0, 0.1) is 0 Å². The first-order valence-electron chi connectivity index (χ1n) is 32.1. The second kappa shape index (κ2) is 38.1. The molecule has 7 saturated heterocycles. The van der Waals surface area contributed by atoms with Crippen molar-refractivity contribution >= 4 is 85.9 Å². The summed E-state index contributed by atoms with van der Waals surface area (Å²) in [6, 6.07) is -10.7. The molecule has 38 atom stereocenters. The van der Waals surface area contributed by atoms with Crippen molar-refractivity contribution in [1.29, 1.82) is 0 Å². The Morgan fingerprint density at radius 1 is 0.319 bits per heavy atom. The molecule has 0 saturated carbocycles. The van der Waals surface area contributed by atoms with Gasteiger partial charge >= 0.3 is 85.9 Å². The van der Waals surface area contributed by atoms with Gasteiger partial charge in [0.2, 0.25) is 12.0 Å². The molecule has 68 heteroatoms. The third kappa shape index (κ3) is 23.6. The van der Waals surface area contributed by atoms with E-state index in [9.17, 15) is 194 Å². The number of aliphatic hydroxyl groups is 15. The van der Waals surface area contributed by atoms with Gasteiger partial charge in [-0.05, 0) is 6.08 Å². The number of rotatable bonds is 34. The van der Waals surface area contributed by atoms with E-state index in [0.29, 0.717) is 6.08 Å². The monoisotopic (exact) mass is 1830 g/mol. The zero-order valence-electron chi connectivity index (χ0n) is 56.9. The molecule has 8 rings (SSSR count). The maximum absolute atomic E-state index is 13.2. The number of hydrogen-bond acceptors (Lipinski definition) is 48. The maximum Gasteiger partial charge on any atom is 0.397 e. The molecule has 672 valence electrons. The van der Waals surface area contributed by atoms with Crippen LogP contribution in [0.5, 0.6) is 0 Å². The highest BCUT2D eigenvalue weighted by Gasteiger charge is 2.63. The van der Waals surface area contributed by atoms with Crippen LogP contribution >= 0.6 is 0 Å². The Morgan fingerprint density at radius 2 is 0.595 bits per heavy atom. The molecule has 0 aliphatic carbocycles. The summed E-state index contributed by atoms with van der Waals surface area (Å²) in [5, 5.41) is 206. The second-order valence-corrected chi connectivity index (χ2v) is 32.4. The third-order valence-corrected chi connectivity index (χ3v) is 21.0. The number of carboxylic acids is 4. The lowest BCUT2D eigenvalue weighted by Gasteiger charge is -2.50. The van der Waals surface area contributed by atoms with E-state index in [4.69, 9.17) is 71.1 Å². The van der Waals surface area contributed by atoms with Crippen LogP contribution in [0.3, 0.4) is 0 Å². The van der Waals surface area contributed by atoms with Gasteiger partial charge in [0.05, 0.1) is 26.4 Å². The lowest BCUT2D eigenvalue weighted by Crippen LogP contribution is -2.71. The summed E-state index contributed by atoms with van der Waals surface area (Å²) < 4.78 is 302. The first kappa shape index (κ1) is 96.9. The molecular formula is C48H76N4O58S6. The van der Waals surface area contributed by atoms with Gasteiger partial charge in [-0.15, -0.1) is 0 Å². The average Bonchev–Trinajstić information content (AvgIpc) is 0.761. The zero-order chi connectivity index (χ0) is 87.2. The molecule has 0 aromatic carbocycles. The molecule has 62 nitrogen and oxygen atoms in total. The molecule has 116 heavy (non-hydrogen) atoms. The van der Waals surface area contributed by atoms with Crippen molar-refractivity contribution in [3.8, 4) is 0 Å². The topological polar surface area (TPSA) is 984 Å². The Hall–Kier alpha value is -4.52. The van der Waals surface area contributed by atoms with E-state index >= 15 is 0 Å². The van der Waals surface area contributed by atoms with E-state index in [-0.39, 0.29) is 0 Å². The summed E-state index contributed by atoms with van der Waals surface area (Å²) in [4.78, 5) is 50.7. The van der Waals surface area contributed by atoms with Gasteiger partial charge in [0.1, 0.15) is 152 Å². The van der Waals surface area contributed by atoms with E-state index in [1.165, 1.54) is 18.9 Å². The molecule has 0 aromatic heterocycles. The Labute approximate surface area is 647 Å². The molecule has 0 aromatic rings. The van der Waals surface area contributed by atoms with Crippen LogP contribution in [0.2, 0.25) is 0 Å². The van der Waals surface area contributed by atoms with Crippen LogP contribution in [0.15, 0.2) is 11.8 Å². The van der Waals surface area contributed by atoms with Crippen LogP contribution < -0.4 is 18.9 Å². The lowest BCUT2D eigenvalue weighted by molar-refractivity contribution is -0.379. The fourth-order valence-electron chi connectivity index (χ4n) is 12.8. The van der Waals surface area contributed by atoms with Crippen molar-refractivity contribution in [2.24, 2.45) is 0 Å². The van der Waals surface area contributed by atoms with Gasteiger partial charge in [-0.2, -0.15) is 69.4 Å². The normalized spacial score (nSPS) is 43.2. The molecule has 8 aliphatic rings. The summed E-state index contributed by atoms with van der Waals surface area (Å²) in [6.07, 6.45) is -92.4. The van der Waals surface area contributed by atoms with Gasteiger partial charge < -0.3 is 168 Å². The fourth-order valence-corrected chi connectivity index (χ4v) is 16.2. The van der Waals surface area contributed by atoms with Crippen LogP contribution in [0.1, 0.15) is 0 Å². The molecule has 0 spiro atoms. The van der Waals surface area contributed by atoms with Crippen LogP contribution in [-0.4, -0.2) is 458 Å². The number of nitrogens with one attached hydrogen (secondary N) is 4. The lowest BCUT2D eigenvalue weighted by atomic mass is 9.94. The molecule has 8 heterocycles. The predicted octanol–water partition coefficient (Wildman–Crippen LogP) is -19.7. The third-order valence-electron chi connectivity index (χ3n) is 17.8. The molecule has 7 fully saturated rings. The maximum atomic E-state index is 13.2. The summed E-state index contributed by atoms with van der Waals surface area (Å²) in [7, 11) is -35.2. The number of carboxylic acid groups (broad SMARTS) is 4. The number of aliphatic carboxylic acids is 4. The molecule has 15 unspecified atom stereocenters. The van der Waals surface area contributed by atoms with E-state index in [1.807, 2.05) is 0 Å². The van der Waals surface area contributed by atoms with E-state index in [1.54, 1.807) is 0 Å². The minimum atomic E-state index is -6.19. The summed E-state index contributed by atoms with van der Waals surface area (Å²) in [5.74, 6) is -10.1. The van der Waals surface area contributed by atoms with Gasteiger partial charge in [0, 0.05) is 0 Å². The van der Waals surface area contributed by atoms with Gasteiger partial charge in [0.15, 0.2) is 74.6 Å². The minimum absolute atomic E-state index is 0.469. The number of ether oxygens (including phenoxy) is 15. The Balaban J connectivity index is 1.04. The molecule has 29 N–H and O–H groups in total. The Kier molecular flexibility index (Phi) is 31.8. The van der Waals surface area contributed by atoms with Crippen molar-refractivity contribution in [2.75, 3.05) is 26.4 Å². The van der Waals surface area contributed by atoms with Crippen LogP contribution in [-0.2, 0) is 161 Å². The predicted molar refractivity (Wildman–Crippen MR) is 336 cm³/mol. The van der Waals surface area contributed by atoms with Crippen LogP contribution in [0.4, 0.5) is 0 Å². The number of aliphatic hydroxyl groups excluding tert-OH is 15. The van der Waals surface area contributed by atoms with Crippen molar-refractivity contribution in [1.82, 2.24) is 18.9 Å². The first-order chi connectivity index (χ1) is 53.4. The highest BCUT2D eigenvalue weighted by molar-refractivity contribution is 7.84. The summed E-state index contributed by atoms with van der Waals surface area (Å²) in [5.41, 5.74) is 0. The van der Waals surface area contributed by atoms with Gasteiger partial charge in [-0.25, -0.2) is 27.5 Å². The average molecular weight is 1830 g/mol. The quantitative estimate of drug-likeness (QED) is 0.0266. The molecule has 0 amide bonds. The van der Waals surface area contributed by atoms with E-state index in [2.05, 4.69) is 8.37 Å². The number of hydrogen-bond donors (Lipinski definition) is 29. The highest BCUT2D eigenvalue weighted by Crippen LogP contribution is 2.41. The largest absolute Gasteiger partial charge is 0.479 e. The van der Waals surface area contributed by atoms with Crippen LogP contribution in [0.25, 0.3) is 0 Å². The van der Waals surface area contributed by atoms with Crippen molar-refractivity contribution < 1.29 is 273 Å². The van der Waals surface area contributed by atoms with Crippen molar-refractivity contribution in [3.05, 3.63) is 11.8 Å². The van der Waals surface area contributed by atoms with E-state index < -0.39 is 351 Å². The second-order valence-electron chi connectivity index (χ2n) is 25.6. The SMILES string of the molecule is O=C(O)C1=C[C@H](O)[C@@H](O)[C@H](O[C@H]2[C@H](O)[C@@H](NS(=O)(=O)O)[C@@H](OC3C(C(=O)O)OC(O[C@H]4[C@H](O)[C@@H](NS(=O)(=O)O)[C@@H](OC5C(C(=O)O)OC(O[C@H]6[C@H](O)[C@@H](NS(=O)(=O)O)[C@@H](OC7C(C(=O)O)OC(O[C@H]8[C@H](O)[C@@H](NS(=O)(=O)O)[C@@H](O)O[C@@H]8CO)C(O)C7O)O[C@@H]6CO)C(OS(=O)(=O)O)C5O)O[C@@H]4CO)C(OS(=O)(=O)O)C3O)O[C@@H]2CO)O1. The van der Waals surface area contributed by atoms with Crippen molar-refractivity contribution in [2.45, 2.75) is 233 Å². The van der Waals surface area contributed by atoms with E-state index in [0.717, 1.165) is 0 Å². The smallest absolute Gasteiger partial charge is 0.397 e. The minimum Gasteiger partial charge on any atom is -0.479 e. The molecular weight excluding hydrogens is 1750 g/mol. The Bertz CT molecular complexity index is 4180. The highest BCUT2D eigenvalue weighted by atomic mass is 32.3. The van der Waals surface area contributed by atoms with Gasteiger partial charge in [0.25, 0.3) is 0 Å². The zero-order valence-corrected chi connectivity index (χ0v) is 61.8. The Morgan fingerprint density at radius 3 is 0.897 bits per heavy atom. The van der Waals surface area contributed by atoms with Gasteiger partial charge in [-0.1, -0.05) is 0 Å². The molecule has 0 radical (unpaired) electrons. The van der Waals surface area contributed by atoms with Crippen molar-refractivity contribution in [3.63, 3.8) is 0 Å². The first-order valence-corrected chi connectivity index (χ1v) is 40.6. The summed E-state index contributed by atoms with van der Waals surface area (Å²) in [6.45, 7) is -6.03. The molecule has 8 aliphatic heterocycles. The summed E-state index contributed by atoms with van der Waals surface area (Å²) >= 11 is 0. The standard InChI is InChI=1S/C48H76N4O58S6/c53-2-8-25(17(59)12(41(75)94-8)49-111(76,77)78)100-46-22(64)21(63)29(34(106-46)38(69)70)103-42-14(51-113(82,83)84)19(61)27(10(4-55)97-42)101-47-33(110-116(91,92)93)24(66)31(36(108-47)40(73)74)105-44-15(52-114(85,86)87)20(62)28(11(5-56)98-44)102-48-32(109-115(88,89)90)23(65)30(35(107-48)39(71)72)104-43-13(50-112(79,80)81)18(60)26(9(3-54)96-43)99-45-16(58)6(57)1-7(95-45)37(67)68/h1,6,8-36,41-66,75H,2-5H2,(H,67,68)(H,69,70)(H,71,72)(H,73,74)(H,76,77,78)(H,79,80,81)(H,82,83,84)(H,85,86,87)(H,88,89,90)(H,91,92,93)/t6-,8+,9+,10+,11+,12+,13+,14+,15+,16+,17+,18+,19+,20+,21?,22?,23?,24?,25+,26+,27+,28+,29?,30?,31?,32?,33?,34?,35?,36?,41-,42+,43+,44+,45-,46?,47?,48?/m0/s1. The van der Waals surface area contributed by atoms with Gasteiger partial charge in [-0.3, -0.25) is 27.3 Å². The fraction of sp³-hybridized carbons (Fsp3) is 0.875. The number of carbonyl (C=O) groups is 4.